The third-order valence-corrected chi connectivity index (χ3v) is 2.68. The summed E-state index contributed by atoms with van der Waals surface area (Å²) < 4.78 is 7.35. The quantitative estimate of drug-likeness (QED) is 0.706. The number of rotatable bonds is 1. The molecule has 1 aliphatic heterocycles. The zero-order valence-electron chi connectivity index (χ0n) is 8.03. The third-order valence-electron chi connectivity index (χ3n) is 2.68. The Labute approximate surface area is 77.7 Å². The summed E-state index contributed by atoms with van der Waals surface area (Å²) >= 11 is 0. The summed E-state index contributed by atoms with van der Waals surface area (Å²) in [6, 6.07) is 0.314. The number of nitrogens with two attached hydrogens (primary N) is 1. The Balaban J connectivity index is 2.29. The largest absolute Gasteiger partial charge is 0.384 e. The first-order chi connectivity index (χ1) is 6.20. The fraction of sp³-hybridized carbons (Fsp3) is 0.667. The monoisotopic (exact) mass is 181 g/mol. The van der Waals surface area contributed by atoms with E-state index < -0.39 is 0 Å². The van der Waals surface area contributed by atoms with Crippen LogP contribution < -0.4 is 5.73 Å². The minimum Gasteiger partial charge on any atom is -0.384 e. The van der Waals surface area contributed by atoms with E-state index in [0.717, 1.165) is 24.4 Å². The highest BCUT2D eigenvalue weighted by molar-refractivity contribution is 5.37. The van der Waals surface area contributed by atoms with Gasteiger partial charge in [-0.3, -0.25) is 0 Å². The number of nitrogens with zero attached hydrogens (tertiary/aromatic N) is 2. The van der Waals surface area contributed by atoms with Crippen LogP contribution in [0.3, 0.4) is 0 Å². The van der Waals surface area contributed by atoms with E-state index in [4.69, 9.17) is 10.5 Å². The molecule has 4 nitrogen and oxygen atoms in total. The zero-order chi connectivity index (χ0) is 9.42. The molecule has 0 bridgehead atoms. The van der Waals surface area contributed by atoms with Crippen LogP contribution in [0.4, 0.5) is 5.82 Å². The maximum Gasteiger partial charge on any atom is 0.125 e. The number of aryl methyl sites for hydroxylation is 1. The van der Waals surface area contributed by atoms with Crippen LogP contribution in [-0.4, -0.2) is 22.5 Å². The van der Waals surface area contributed by atoms with Gasteiger partial charge in [0.2, 0.25) is 0 Å². The SMILES string of the molecule is Cc1cnn(C2CCOC2C)c1N. The predicted molar refractivity (Wildman–Crippen MR) is 50.4 cm³/mol. The number of ether oxygens (including phenoxy) is 1. The molecule has 1 aromatic rings. The molecule has 1 aromatic heterocycles. The van der Waals surface area contributed by atoms with Crippen molar-refractivity contribution in [2.75, 3.05) is 12.3 Å². The Kier molecular flexibility index (Phi) is 2.00. The molecular weight excluding hydrogens is 166 g/mol. The number of hydrogen-bond donors (Lipinski definition) is 1. The van der Waals surface area contributed by atoms with Crippen molar-refractivity contribution in [3.05, 3.63) is 11.8 Å². The molecule has 1 fully saturated rings. The van der Waals surface area contributed by atoms with Crippen LogP contribution in [0.15, 0.2) is 6.20 Å². The van der Waals surface area contributed by atoms with E-state index in [1.165, 1.54) is 0 Å². The molecule has 2 rings (SSSR count). The number of hydrogen-bond acceptors (Lipinski definition) is 3. The first kappa shape index (κ1) is 8.56. The van der Waals surface area contributed by atoms with Crippen LogP contribution in [-0.2, 0) is 4.74 Å². The Bertz CT molecular complexity index is 308. The molecule has 2 heterocycles. The summed E-state index contributed by atoms with van der Waals surface area (Å²) in [6.07, 6.45) is 3.04. The van der Waals surface area contributed by atoms with Crippen LogP contribution in [0.1, 0.15) is 24.9 Å². The van der Waals surface area contributed by atoms with Crippen molar-refractivity contribution in [1.82, 2.24) is 9.78 Å². The molecule has 2 atom stereocenters. The first-order valence-corrected chi connectivity index (χ1v) is 4.61. The van der Waals surface area contributed by atoms with Crippen molar-refractivity contribution in [3.8, 4) is 0 Å². The Morgan fingerprint density at radius 3 is 2.92 bits per heavy atom. The van der Waals surface area contributed by atoms with Gasteiger partial charge in [-0.15, -0.1) is 0 Å². The summed E-state index contributed by atoms with van der Waals surface area (Å²) in [4.78, 5) is 0. The molecule has 0 saturated carbocycles. The molecule has 1 saturated heterocycles. The number of nitrogen functional groups attached to an aromatic ring is 1. The summed E-state index contributed by atoms with van der Waals surface area (Å²) in [5.74, 6) is 0.766. The molecule has 0 spiro atoms. The zero-order valence-corrected chi connectivity index (χ0v) is 8.03. The molecule has 0 radical (unpaired) electrons. The van der Waals surface area contributed by atoms with Gasteiger partial charge in [-0.05, 0) is 20.3 Å². The average molecular weight is 181 g/mol. The van der Waals surface area contributed by atoms with Gasteiger partial charge in [-0.25, -0.2) is 4.68 Å². The first-order valence-electron chi connectivity index (χ1n) is 4.61. The molecule has 0 aromatic carbocycles. The van der Waals surface area contributed by atoms with E-state index in [-0.39, 0.29) is 6.10 Å². The van der Waals surface area contributed by atoms with Gasteiger partial charge in [0.25, 0.3) is 0 Å². The lowest BCUT2D eigenvalue weighted by Gasteiger charge is -2.15. The van der Waals surface area contributed by atoms with Crippen LogP contribution in [0, 0.1) is 6.92 Å². The smallest absolute Gasteiger partial charge is 0.125 e. The fourth-order valence-corrected chi connectivity index (χ4v) is 1.76. The van der Waals surface area contributed by atoms with Crippen molar-refractivity contribution >= 4 is 5.82 Å². The normalized spacial score (nSPS) is 28.2. The van der Waals surface area contributed by atoms with E-state index in [1.54, 1.807) is 6.20 Å². The van der Waals surface area contributed by atoms with Gasteiger partial charge >= 0.3 is 0 Å². The van der Waals surface area contributed by atoms with Gasteiger partial charge in [0, 0.05) is 12.2 Å². The summed E-state index contributed by atoms with van der Waals surface area (Å²) in [7, 11) is 0. The molecule has 4 heteroatoms. The van der Waals surface area contributed by atoms with Gasteiger partial charge in [-0.1, -0.05) is 0 Å². The van der Waals surface area contributed by atoms with Crippen molar-refractivity contribution < 1.29 is 4.74 Å². The van der Waals surface area contributed by atoms with Crippen molar-refractivity contribution in [2.45, 2.75) is 32.4 Å². The lowest BCUT2D eigenvalue weighted by Crippen LogP contribution is -2.19. The molecular formula is C9H15N3O. The molecule has 0 amide bonds. The third kappa shape index (κ3) is 1.31. The minimum absolute atomic E-state index is 0.224. The van der Waals surface area contributed by atoms with Crippen LogP contribution >= 0.6 is 0 Å². The van der Waals surface area contributed by atoms with E-state index in [9.17, 15) is 0 Å². The van der Waals surface area contributed by atoms with E-state index in [1.807, 2.05) is 11.6 Å². The molecule has 1 aliphatic rings. The van der Waals surface area contributed by atoms with Gasteiger partial charge in [0.05, 0.1) is 18.3 Å². The second kappa shape index (κ2) is 3.03. The lowest BCUT2D eigenvalue weighted by atomic mass is 10.1. The highest BCUT2D eigenvalue weighted by atomic mass is 16.5. The second-order valence-corrected chi connectivity index (χ2v) is 3.59. The predicted octanol–water partition coefficient (Wildman–Crippen LogP) is 1.12. The van der Waals surface area contributed by atoms with Gasteiger partial charge in [0.15, 0.2) is 0 Å². The van der Waals surface area contributed by atoms with Crippen molar-refractivity contribution in [2.24, 2.45) is 0 Å². The number of anilines is 1. The van der Waals surface area contributed by atoms with Crippen molar-refractivity contribution in [3.63, 3.8) is 0 Å². The molecule has 72 valence electrons. The van der Waals surface area contributed by atoms with Crippen LogP contribution in [0.2, 0.25) is 0 Å². The number of aromatic nitrogens is 2. The topological polar surface area (TPSA) is 53.1 Å². The summed E-state index contributed by atoms with van der Waals surface area (Å²) in [6.45, 7) is 4.84. The van der Waals surface area contributed by atoms with Crippen LogP contribution in [0.5, 0.6) is 0 Å². The minimum atomic E-state index is 0.224. The molecule has 2 N–H and O–H groups in total. The maximum absolute atomic E-state index is 5.89. The standard InChI is InChI=1S/C9H15N3O/c1-6-5-11-12(9(6)10)8-3-4-13-7(8)2/h5,7-8H,3-4,10H2,1-2H3. The molecule has 13 heavy (non-hydrogen) atoms. The van der Waals surface area contributed by atoms with E-state index >= 15 is 0 Å². The second-order valence-electron chi connectivity index (χ2n) is 3.59. The lowest BCUT2D eigenvalue weighted by molar-refractivity contribution is 0.105. The van der Waals surface area contributed by atoms with Gasteiger partial charge < -0.3 is 10.5 Å². The highest BCUT2D eigenvalue weighted by Crippen LogP contribution is 2.28. The molecule has 2 unspecified atom stereocenters. The summed E-state index contributed by atoms with van der Waals surface area (Å²) in [5.41, 5.74) is 6.93. The highest BCUT2D eigenvalue weighted by Gasteiger charge is 2.27. The Morgan fingerprint density at radius 2 is 2.46 bits per heavy atom. The van der Waals surface area contributed by atoms with E-state index in [2.05, 4.69) is 12.0 Å². The maximum atomic E-state index is 5.89. The summed E-state index contributed by atoms with van der Waals surface area (Å²) in [5, 5.41) is 4.26. The molecule has 0 aliphatic carbocycles. The van der Waals surface area contributed by atoms with Crippen LogP contribution in [0.25, 0.3) is 0 Å². The van der Waals surface area contributed by atoms with Crippen molar-refractivity contribution in [1.29, 1.82) is 0 Å². The fourth-order valence-electron chi connectivity index (χ4n) is 1.76. The van der Waals surface area contributed by atoms with Gasteiger partial charge in [0.1, 0.15) is 5.82 Å². The average Bonchev–Trinajstić information content (AvgIpc) is 2.62. The van der Waals surface area contributed by atoms with E-state index in [0.29, 0.717) is 6.04 Å². The van der Waals surface area contributed by atoms with Gasteiger partial charge in [-0.2, -0.15) is 5.10 Å². The Hall–Kier alpha value is -1.03. The Morgan fingerprint density at radius 1 is 1.69 bits per heavy atom.